The molecule has 0 atom stereocenters. The van der Waals surface area contributed by atoms with Crippen molar-refractivity contribution in [3.8, 4) is 11.5 Å². The van der Waals surface area contributed by atoms with Crippen LogP contribution in [0.15, 0.2) is 12.1 Å². The summed E-state index contributed by atoms with van der Waals surface area (Å²) in [6.45, 7) is 3.95. The van der Waals surface area contributed by atoms with Crippen LogP contribution >= 0.6 is 22.6 Å². The number of hydrogen-bond acceptors (Lipinski definition) is 3. The predicted octanol–water partition coefficient (Wildman–Crippen LogP) is 3.73. The van der Waals surface area contributed by atoms with Crippen molar-refractivity contribution in [2.75, 3.05) is 13.7 Å². The summed E-state index contributed by atoms with van der Waals surface area (Å²) in [5, 5.41) is 3.34. The number of halogens is 1. The number of methoxy groups -OCH3 is 1. The second-order valence-corrected chi connectivity index (χ2v) is 6.08. The first kappa shape index (κ1) is 14.9. The van der Waals surface area contributed by atoms with E-state index >= 15 is 0 Å². The van der Waals surface area contributed by atoms with Gasteiger partial charge in [0.1, 0.15) is 0 Å². The molecule has 4 heteroatoms. The third kappa shape index (κ3) is 3.99. The summed E-state index contributed by atoms with van der Waals surface area (Å²) in [5.41, 5.74) is 1.24. The summed E-state index contributed by atoms with van der Waals surface area (Å²) in [5.74, 6) is 1.77. The van der Waals surface area contributed by atoms with Crippen LogP contribution in [0, 0.1) is 3.57 Å². The van der Waals surface area contributed by atoms with E-state index in [9.17, 15) is 0 Å². The molecule has 0 heterocycles. The molecular weight excluding hydrogens is 353 g/mol. The van der Waals surface area contributed by atoms with E-state index < -0.39 is 0 Å². The molecule has 0 aliphatic heterocycles. The van der Waals surface area contributed by atoms with Crippen LogP contribution in [0.4, 0.5) is 0 Å². The fourth-order valence-electron chi connectivity index (χ4n) is 2.43. The van der Waals surface area contributed by atoms with Gasteiger partial charge in [-0.2, -0.15) is 0 Å². The van der Waals surface area contributed by atoms with Gasteiger partial charge in [0.2, 0.25) is 0 Å². The molecule has 1 aliphatic carbocycles. The molecule has 1 N–H and O–H groups in total. The predicted molar refractivity (Wildman–Crippen MR) is 86.0 cm³/mol. The largest absolute Gasteiger partial charge is 0.493 e. The Bertz CT molecular complexity index is 417. The molecular formula is C15H22INO2. The Hall–Kier alpha value is -0.490. The fraction of sp³-hybridized carbons (Fsp3) is 0.600. The highest BCUT2D eigenvalue weighted by Gasteiger charge is 2.20. The van der Waals surface area contributed by atoms with Gasteiger partial charge in [-0.25, -0.2) is 0 Å². The van der Waals surface area contributed by atoms with Crippen LogP contribution in [-0.2, 0) is 6.54 Å². The Kier molecular flexibility index (Phi) is 5.76. The van der Waals surface area contributed by atoms with Gasteiger partial charge in [0.15, 0.2) is 11.5 Å². The first-order valence-corrected chi connectivity index (χ1v) is 8.06. The third-order valence-electron chi connectivity index (χ3n) is 3.46. The molecule has 0 aromatic heterocycles. The second kappa shape index (κ2) is 7.33. The number of benzene rings is 1. The average molecular weight is 375 g/mol. The van der Waals surface area contributed by atoms with Crippen LogP contribution in [0.25, 0.3) is 0 Å². The van der Waals surface area contributed by atoms with Gasteiger partial charge in [0.25, 0.3) is 0 Å². The van der Waals surface area contributed by atoms with E-state index in [-0.39, 0.29) is 0 Å². The molecule has 2 rings (SSSR count). The molecule has 0 saturated heterocycles. The van der Waals surface area contributed by atoms with E-state index in [1.807, 2.05) is 0 Å². The highest BCUT2D eigenvalue weighted by Crippen LogP contribution is 2.36. The minimum Gasteiger partial charge on any atom is -0.493 e. The van der Waals surface area contributed by atoms with Crippen LogP contribution in [0.5, 0.6) is 11.5 Å². The molecule has 0 radical (unpaired) electrons. The molecule has 0 spiro atoms. The number of hydrogen-bond donors (Lipinski definition) is 1. The van der Waals surface area contributed by atoms with Gasteiger partial charge >= 0.3 is 0 Å². The molecule has 0 bridgehead atoms. The van der Waals surface area contributed by atoms with Gasteiger partial charge in [0.05, 0.1) is 16.8 Å². The Labute approximate surface area is 129 Å². The summed E-state index contributed by atoms with van der Waals surface area (Å²) >= 11 is 2.34. The minimum absolute atomic E-state index is 0.363. The molecule has 0 amide bonds. The maximum Gasteiger partial charge on any atom is 0.174 e. The van der Waals surface area contributed by atoms with Crippen molar-refractivity contribution in [2.24, 2.45) is 0 Å². The van der Waals surface area contributed by atoms with Gasteiger partial charge in [-0.3, -0.25) is 0 Å². The molecule has 1 aliphatic rings. The Balaban J connectivity index is 2.16. The molecule has 1 saturated carbocycles. The summed E-state index contributed by atoms with van der Waals surface area (Å²) in [6.07, 6.45) is 5.25. The highest BCUT2D eigenvalue weighted by atomic mass is 127. The van der Waals surface area contributed by atoms with Gasteiger partial charge in [-0.1, -0.05) is 6.92 Å². The molecule has 1 aromatic rings. The second-order valence-electron chi connectivity index (χ2n) is 4.91. The van der Waals surface area contributed by atoms with Crippen LogP contribution in [-0.4, -0.2) is 19.8 Å². The Morgan fingerprint density at radius 2 is 2.05 bits per heavy atom. The average Bonchev–Trinajstić information content (AvgIpc) is 2.91. The van der Waals surface area contributed by atoms with E-state index in [4.69, 9.17) is 9.47 Å². The maximum absolute atomic E-state index is 6.13. The first-order chi connectivity index (χ1) is 9.24. The van der Waals surface area contributed by atoms with Crippen LogP contribution < -0.4 is 14.8 Å². The van der Waals surface area contributed by atoms with Crippen LogP contribution in [0.2, 0.25) is 0 Å². The van der Waals surface area contributed by atoms with Crippen LogP contribution in [0.3, 0.4) is 0 Å². The number of rotatable bonds is 6. The zero-order chi connectivity index (χ0) is 13.7. The third-order valence-corrected chi connectivity index (χ3v) is 4.26. The standard InChI is InChI=1S/C15H22INO2/c1-3-17-10-11-8-13(16)15(14(9-11)18-2)19-12-6-4-5-7-12/h8-9,12,17H,3-7,10H2,1-2H3. The van der Waals surface area contributed by atoms with Crippen molar-refractivity contribution in [1.29, 1.82) is 0 Å². The van der Waals surface area contributed by atoms with E-state index in [1.165, 1.54) is 31.2 Å². The zero-order valence-electron chi connectivity index (χ0n) is 11.7. The van der Waals surface area contributed by atoms with Crippen molar-refractivity contribution < 1.29 is 9.47 Å². The molecule has 1 fully saturated rings. The number of nitrogens with one attached hydrogen (secondary N) is 1. The molecule has 0 unspecified atom stereocenters. The minimum atomic E-state index is 0.363. The van der Waals surface area contributed by atoms with Crippen molar-refractivity contribution in [2.45, 2.75) is 45.3 Å². The lowest BCUT2D eigenvalue weighted by molar-refractivity contribution is 0.199. The van der Waals surface area contributed by atoms with E-state index in [0.717, 1.165) is 28.2 Å². The van der Waals surface area contributed by atoms with E-state index in [0.29, 0.717) is 6.10 Å². The quantitative estimate of drug-likeness (QED) is 0.769. The normalized spacial score (nSPS) is 15.7. The summed E-state index contributed by atoms with van der Waals surface area (Å²) in [7, 11) is 1.71. The molecule has 106 valence electrons. The van der Waals surface area contributed by atoms with Crippen molar-refractivity contribution in [1.82, 2.24) is 5.32 Å². The highest BCUT2D eigenvalue weighted by molar-refractivity contribution is 14.1. The van der Waals surface area contributed by atoms with Crippen molar-refractivity contribution >= 4 is 22.6 Å². The molecule has 3 nitrogen and oxygen atoms in total. The summed E-state index contributed by atoms with van der Waals surface area (Å²) in [4.78, 5) is 0. The van der Waals surface area contributed by atoms with Gasteiger partial charge < -0.3 is 14.8 Å². The lowest BCUT2D eigenvalue weighted by atomic mass is 10.2. The smallest absolute Gasteiger partial charge is 0.174 e. The zero-order valence-corrected chi connectivity index (χ0v) is 13.8. The van der Waals surface area contributed by atoms with E-state index in [2.05, 4.69) is 47.0 Å². The van der Waals surface area contributed by atoms with Gasteiger partial charge in [0, 0.05) is 6.54 Å². The monoisotopic (exact) mass is 375 g/mol. The van der Waals surface area contributed by atoms with Crippen molar-refractivity contribution in [3.05, 3.63) is 21.3 Å². The Morgan fingerprint density at radius 3 is 2.68 bits per heavy atom. The van der Waals surface area contributed by atoms with Crippen LogP contribution in [0.1, 0.15) is 38.2 Å². The first-order valence-electron chi connectivity index (χ1n) is 6.98. The topological polar surface area (TPSA) is 30.5 Å². The van der Waals surface area contributed by atoms with E-state index in [1.54, 1.807) is 7.11 Å². The van der Waals surface area contributed by atoms with Gasteiger partial charge in [-0.15, -0.1) is 0 Å². The summed E-state index contributed by atoms with van der Waals surface area (Å²) in [6, 6.07) is 4.26. The van der Waals surface area contributed by atoms with Crippen molar-refractivity contribution in [3.63, 3.8) is 0 Å². The SMILES string of the molecule is CCNCc1cc(I)c(OC2CCCC2)c(OC)c1. The van der Waals surface area contributed by atoms with Gasteiger partial charge in [-0.05, 0) is 72.5 Å². The lowest BCUT2D eigenvalue weighted by Crippen LogP contribution is -2.14. The lowest BCUT2D eigenvalue weighted by Gasteiger charge is -2.18. The number of ether oxygens (including phenoxy) is 2. The summed E-state index contributed by atoms with van der Waals surface area (Å²) < 4.78 is 12.8. The molecule has 1 aromatic carbocycles. The maximum atomic E-state index is 6.13. The molecule has 19 heavy (non-hydrogen) atoms. The fourth-order valence-corrected chi connectivity index (χ4v) is 3.22. The Morgan fingerprint density at radius 1 is 1.32 bits per heavy atom.